The summed E-state index contributed by atoms with van der Waals surface area (Å²) in [5.74, 6) is 0. The van der Waals surface area contributed by atoms with Crippen molar-refractivity contribution in [2.24, 2.45) is 0 Å². The van der Waals surface area contributed by atoms with Gasteiger partial charge < -0.3 is 9.80 Å². The first-order valence-electron chi connectivity index (χ1n) is 20.9. The Morgan fingerprint density at radius 2 is 0.782 bits per heavy atom. The molecule has 0 N–H and O–H groups in total. The van der Waals surface area contributed by atoms with Crippen molar-refractivity contribution in [2.45, 2.75) is 105 Å². The van der Waals surface area contributed by atoms with Crippen LogP contribution >= 0.6 is 11.6 Å². The van der Waals surface area contributed by atoms with E-state index in [4.69, 9.17) is 11.6 Å². The van der Waals surface area contributed by atoms with Crippen LogP contribution in [0.15, 0.2) is 140 Å². The number of halogens is 1. The Hall–Kier alpha value is -4.79. The molecule has 2 nitrogen and oxygen atoms in total. The summed E-state index contributed by atoms with van der Waals surface area (Å²) < 4.78 is 0. The van der Waals surface area contributed by atoms with Gasteiger partial charge in [0.05, 0.1) is 22.1 Å². The molecule has 0 aliphatic heterocycles. The van der Waals surface area contributed by atoms with Gasteiger partial charge in [-0.15, -0.1) is 0 Å². The summed E-state index contributed by atoms with van der Waals surface area (Å²) in [7, 11) is 0. The number of rotatable bonds is 19. The lowest BCUT2D eigenvalue weighted by atomic mass is 9.97. The highest BCUT2D eigenvalue weighted by Crippen LogP contribution is 2.48. The van der Waals surface area contributed by atoms with Crippen molar-refractivity contribution >= 4 is 45.7 Å². The van der Waals surface area contributed by atoms with E-state index >= 15 is 0 Å². The van der Waals surface area contributed by atoms with Crippen LogP contribution in [-0.4, -0.2) is 0 Å². The van der Waals surface area contributed by atoms with Gasteiger partial charge in [-0.2, -0.15) is 0 Å². The number of benzene rings is 6. The van der Waals surface area contributed by atoms with E-state index in [0.29, 0.717) is 5.02 Å². The van der Waals surface area contributed by atoms with Crippen LogP contribution in [0.1, 0.15) is 101 Å². The van der Waals surface area contributed by atoms with Gasteiger partial charge in [-0.1, -0.05) is 144 Å². The highest BCUT2D eigenvalue weighted by atomic mass is 35.5. The van der Waals surface area contributed by atoms with Gasteiger partial charge in [0, 0.05) is 22.6 Å². The summed E-state index contributed by atoms with van der Waals surface area (Å²) in [6, 6.07) is 51.6. The molecule has 0 radical (unpaired) electrons. The fraction of sp³-hybridized carbons (Fsp3) is 0.308. The van der Waals surface area contributed by atoms with E-state index in [2.05, 4.69) is 177 Å². The maximum atomic E-state index is 7.81. The van der Waals surface area contributed by atoms with Crippen LogP contribution in [0.3, 0.4) is 0 Å². The molecule has 0 amide bonds. The minimum atomic E-state index is 0.705. The minimum absolute atomic E-state index is 0.705. The van der Waals surface area contributed by atoms with Crippen LogP contribution in [-0.2, 0) is 25.7 Å². The second kappa shape index (κ2) is 20.2. The molecule has 6 aromatic carbocycles. The van der Waals surface area contributed by atoms with Gasteiger partial charge in [0.1, 0.15) is 0 Å². The second-order valence-corrected chi connectivity index (χ2v) is 15.3. The Morgan fingerprint density at radius 3 is 1.24 bits per heavy atom. The fourth-order valence-corrected chi connectivity index (χ4v) is 7.72. The second-order valence-electron chi connectivity index (χ2n) is 14.9. The minimum Gasteiger partial charge on any atom is -0.309 e. The Morgan fingerprint density at radius 1 is 0.382 bits per heavy atom. The molecular weight excluding hydrogens is 688 g/mol. The summed E-state index contributed by atoms with van der Waals surface area (Å²) >= 11 is 7.81. The number of hydrogen-bond acceptors (Lipinski definition) is 2. The van der Waals surface area contributed by atoms with Crippen LogP contribution in [0, 0.1) is 0 Å². The predicted molar refractivity (Wildman–Crippen MR) is 241 cm³/mol. The molecular formula is C52H59ClN2. The number of anilines is 6. The quantitative estimate of drug-likeness (QED) is 0.0814. The first kappa shape index (κ1) is 39.9. The summed E-state index contributed by atoms with van der Waals surface area (Å²) in [4.78, 5) is 4.71. The maximum absolute atomic E-state index is 7.81. The molecule has 284 valence electrons. The number of nitrogens with zero attached hydrogens (tertiary/aromatic N) is 2. The van der Waals surface area contributed by atoms with Crippen LogP contribution in [0.2, 0.25) is 5.02 Å². The van der Waals surface area contributed by atoms with Gasteiger partial charge in [-0.3, -0.25) is 0 Å². The molecule has 0 aliphatic carbocycles. The summed E-state index contributed by atoms with van der Waals surface area (Å²) in [5, 5.41) is 0.705. The first-order chi connectivity index (χ1) is 27.0. The zero-order valence-corrected chi connectivity index (χ0v) is 34.3. The summed E-state index contributed by atoms with van der Waals surface area (Å²) in [6.45, 7) is 9.02. The molecule has 0 bridgehead atoms. The number of aryl methyl sites for hydroxylation is 4. The highest BCUT2D eigenvalue weighted by molar-refractivity contribution is 6.36. The molecule has 0 aliphatic rings. The molecule has 0 aromatic heterocycles. The van der Waals surface area contributed by atoms with Crippen molar-refractivity contribution in [3.63, 3.8) is 0 Å². The van der Waals surface area contributed by atoms with Crippen molar-refractivity contribution in [2.75, 3.05) is 9.80 Å². The molecule has 0 atom stereocenters. The molecule has 6 aromatic rings. The Balaban J connectivity index is 1.53. The molecule has 0 heterocycles. The normalized spacial score (nSPS) is 11.1. The van der Waals surface area contributed by atoms with Crippen LogP contribution in [0.4, 0.5) is 34.1 Å². The molecule has 0 saturated carbocycles. The average Bonchev–Trinajstić information content (AvgIpc) is 3.24. The van der Waals surface area contributed by atoms with Crippen LogP contribution in [0.25, 0.3) is 11.1 Å². The van der Waals surface area contributed by atoms with E-state index in [9.17, 15) is 0 Å². The van der Waals surface area contributed by atoms with E-state index < -0.39 is 0 Å². The lowest BCUT2D eigenvalue weighted by molar-refractivity contribution is 0.795. The van der Waals surface area contributed by atoms with E-state index in [1.54, 1.807) is 0 Å². The van der Waals surface area contributed by atoms with Crippen LogP contribution < -0.4 is 9.80 Å². The lowest BCUT2D eigenvalue weighted by Crippen LogP contribution is -2.15. The SMILES string of the molecule is CCCCc1ccc(N(c2ccc(CCCC)cc2)c2cccc(N(c3ccc(CCCC)cc3)c3ccc(CCCC)cc3-c3ccccc3)c2Cl)cc1. The van der Waals surface area contributed by atoms with Crippen molar-refractivity contribution < 1.29 is 0 Å². The maximum Gasteiger partial charge on any atom is 0.0887 e. The molecule has 0 spiro atoms. The lowest BCUT2D eigenvalue weighted by Gasteiger charge is -2.32. The number of unbranched alkanes of at least 4 members (excludes halogenated alkanes) is 4. The van der Waals surface area contributed by atoms with Crippen molar-refractivity contribution in [1.82, 2.24) is 0 Å². The van der Waals surface area contributed by atoms with Gasteiger partial charge in [0.2, 0.25) is 0 Å². The van der Waals surface area contributed by atoms with E-state index in [1.165, 1.54) is 84.7 Å². The van der Waals surface area contributed by atoms with Gasteiger partial charge in [-0.05, 0) is 140 Å². The number of hydrogen-bond donors (Lipinski definition) is 0. The molecule has 0 unspecified atom stereocenters. The van der Waals surface area contributed by atoms with Gasteiger partial charge in [-0.25, -0.2) is 0 Å². The fourth-order valence-electron chi connectivity index (χ4n) is 7.43. The van der Waals surface area contributed by atoms with Crippen molar-refractivity contribution in [3.05, 3.63) is 167 Å². The summed E-state index contributed by atoms with van der Waals surface area (Å²) in [5.41, 5.74) is 14.1. The van der Waals surface area contributed by atoms with E-state index in [-0.39, 0.29) is 0 Å². The monoisotopic (exact) mass is 746 g/mol. The predicted octanol–water partition coefficient (Wildman–Crippen LogP) is 16.3. The van der Waals surface area contributed by atoms with Crippen molar-refractivity contribution in [1.29, 1.82) is 0 Å². The highest BCUT2D eigenvalue weighted by Gasteiger charge is 2.24. The smallest absolute Gasteiger partial charge is 0.0887 e. The molecule has 6 rings (SSSR count). The first-order valence-corrected chi connectivity index (χ1v) is 21.3. The third-order valence-electron chi connectivity index (χ3n) is 10.7. The van der Waals surface area contributed by atoms with Crippen LogP contribution in [0.5, 0.6) is 0 Å². The standard InChI is InChI=1S/C52H59ClN2/c1-5-9-17-40-25-32-45(33-26-40)54(46-34-27-41(28-35-46)18-10-6-2)50-23-16-24-51(52(50)53)55(47-36-29-42(30-37-47)19-11-7-3)49-38-31-43(20-12-8-4)39-48(49)44-21-14-13-15-22-44/h13-16,21-39H,5-12,17-20H2,1-4H3. The Kier molecular flexibility index (Phi) is 14.7. The third kappa shape index (κ3) is 10.1. The van der Waals surface area contributed by atoms with Gasteiger partial charge in [0.15, 0.2) is 0 Å². The van der Waals surface area contributed by atoms with E-state index in [1.807, 2.05) is 0 Å². The zero-order valence-electron chi connectivity index (χ0n) is 33.5. The molecule has 0 saturated heterocycles. The molecule has 55 heavy (non-hydrogen) atoms. The Bertz CT molecular complexity index is 2000. The van der Waals surface area contributed by atoms with Gasteiger partial charge in [0.25, 0.3) is 0 Å². The summed E-state index contributed by atoms with van der Waals surface area (Å²) in [6.07, 6.45) is 13.8. The molecule has 3 heteroatoms. The third-order valence-corrected chi connectivity index (χ3v) is 11.1. The topological polar surface area (TPSA) is 6.48 Å². The molecule has 0 fully saturated rings. The van der Waals surface area contributed by atoms with Crippen molar-refractivity contribution in [3.8, 4) is 11.1 Å². The Labute approximate surface area is 336 Å². The van der Waals surface area contributed by atoms with Gasteiger partial charge >= 0.3 is 0 Å². The average molecular weight is 748 g/mol. The largest absolute Gasteiger partial charge is 0.309 e. The zero-order chi connectivity index (χ0) is 38.4. The van der Waals surface area contributed by atoms with E-state index in [0.717, 1.165) is 59.8 Å².